The fourth-order valence-corrected chi connectivity index (χ4v) is 3.99. The Morgan fingerprint density at radius 2 is 2.00 bits per heavy atom. The van der Waals surface area contributed by atoms with Crippen molar-refractivity contribution >= 4 is 27.3 Å². The summed E-state index contributed by atoms with van der Waals surface area (Å²) in [6.45, 7) is 3.45. The van der Waals surface area contributed by atoms with Crippen molar-refractivity contribution in [3.8, 4) is 0 Å². The minimum Gasteiger partial charge on any atom is -0.396 e. The van der Waals surface area contributed by atoms with Gasteiger partial charge in [-0.05, 0) is 18.1 Å². The van der Waals surface area contributed by atoms with Crippen LogP contribution in [0.1, 0.15) is 13.8 Å². The number of hydrogen-bond donors (Lipinski definition) is 2. The van der Waals surface area contributed by atoms with Gasteiger partial charge in [-0.2, -0.15) is 4.31 Å². The maximum Gasteiger partial charge on any atom is 0.246 e. The lowest BCUT2D eigenvalue weighted by atomic mass is 9.85. The van der Waals surface area contributed by atoms with Gasteiger partial charge in [0.25, 0.3) is 0 Å². The first kappa shape index (κ1) is 15.5. The molecule has 20 heavy (non-hydrogen) atoms. The molecule has 112 valence electrons. The molecule has 1 aliphatic heterocycles. The average Bonchev–Trinajstić information content (AvgIpc) is 2.29. The van der Waals surface area contributed by atoms with Gasteiger partial charge < -0.3 is 10.8 Å². The van der Waals surface area contributed by atoms with Crippen molar-refractivity contribution in [1.29, 1.82) is 0 Å². The van der Waals surface area contributed by atoms with Crippen molar-refractivity contribution in [2.75, 3.05) is 18.8 Å². The summed E-state index contributed by atoms with van der Waals surface area (Å²) >= 11 is 5.72. The van der Waals surface area contributed by atoms with Crippen molar-refractivity contribution in [2.45, 2.75) is 24.3 Å². The highest BCUT2D eigenvalue weighted by Gasteiger charge is 2.49. The van der Waals surface area contributed by atoms with E-state index in [4.69, 9.17) is 17.3 Å². The van der Waals surface area contributed by atoms with Crippen LogP contribution < -0.4 is 5.73 Å². The number of anilines is 1. The van der Waals surface area contributed by atoms with Crippen LogP contribution in [0, 0.1) is 11.7 Å². The summed E-state index contributed by atoms with van der Waals surface area (Å²) in [5.74, 6) is -1.11. The van der Waals surface area contributed by atoms with Crippen LogP contribution in [0.15, 0.2) is 17.0 Å². The monoisotopic (exact) mass is 322 g/mol. The lowest BCUT2D eigenvalue weighted by Gasteiger charge is -2.47. The lowest BCUT2D eigenvalue weighted by molar-refractivity contribution is -0.0933. The molecule has 0 bridgehead atoms. The van der Waals surface area contributed by atoms with Crippen LogP contribution in [0.4, 0.5) is 10.1 Å². The van der Waals surface area contributed by atoms with Gasteiger partial charge >= 0.3 is 0 Å². The molecular weight excluding hydrogens is 307 g/mol. The molecule has 1 aliphatic rings. The maximum atomic E-state index is 13.9. The molecule has 0 aliphatic carbocycles. The zero-order chi connectivity index (χ0) is 15.3. The van der Waals surface area contributed by atoms with Crippen LogP contribution in [0.5, 0.6) is 0 Å². The molecule has 0 amide bonds. The molecule has 1 heterocycles. The van der Waals surface area contributed by atoms with Gasteiger partial charge in [-0.15, -0.1) is 0 Å². The highest BCUT2D eigenvalue weighted by atomic mass is 35.5. The molecule has 0 saturated carbocycles. The zero-order valence-electron chi connectivity index (χ0n) is 11.1. The van der Waals surface area contributed by atoms with Crippen molar-refractivity contribution < 1.29 is 17.9 Å². The molecule has 1 aromatic rings. The third-order valence-corrected chi connectivity index (χ3v) is 5.63. The SMILES string of the molecule is CC(C)C1(O)CN(S(=O)(=O)c2cc(Cl)cc(N)c2F)C1. The second kappa shape index (κ2) is 4.84. The van der Waals surface area contributed by atoms with E-state index < -0.39 is 26.3 Å². The summed E-state index contributed by atoms with van der Waals surface area (Å²) in [5, 5.41) is 10.1. The number of sulfonamides is 1. The van der Waals surface area contributed by atoms with Gasteiger partial charge in [0.1, 0.15) is 4.90 Å². The van der Waals surface area contributed by atoms with Crippen LogP contribution in [0.25, 0.3) is 0 Å². The molecule has 8 heteroatoms. The highest BCUT2D eigenvalue weighted by molar-refractivity contribution is 7.89. The third-order valence-electron chi connectivity index (χ3n) is 3.62. The van der Waals surface area contributed by atoms with E-state index in [1.807, 2.05) is 0 Å². The molecule has 0 radical (unpaired) electrons. The lowest BCUT2D eigenvalue weighted by Crippen LogP contribution is -2.65. The molecule has 1 saturated heterocycles. The maximum absolute atomic E-state index is 13.9. The summed E-state index contributed by atoms with van der Waals surface area (Å²) in [7, 11) is -4.05. The van der Waals surface area contributed by atoms with Gasteiger partial charge in [-0.25, -0.2) is 12.8 Å². The Bertz CT molecular complexity index is 642. The number of aliphatic hydroxyl groups is 1. The van der Waals surface area contributed by atoms with Crippen LogP contribution in [0.3, 0.4) is 0 Å². The molecule has 0 atom stereocenters. The Kier molecular flexibility index (Phi) is 3.75. The van der Waals surface area contributed by atoms with E-state index in [-0.39, 0.29) is 29.7 Å². The topological polar surface area (TPSA) is 83.6 Å². The van der Waals surface area contributed by atoms with Crippen molar-refractivity contribution in [3.05, 3.63) is 23.0 Å². The van der Waals surface area contributed by atoms with E-state index in [0.717, 1.165) is 16.4 Å². The Morgan fingerprint density at radius 1 is 1.45 bits per heavy atom. The molecule has 1 fully saturated rings. The van der Waals surface area contributed by atoms with E-state index in [1.165, 1.54) is 0 Å². The van der Waals surface area contributed by atoms with E-state index in [1.54, 1.807) is 13.8 Å². The van der Waals surface area contributed by atoms with Gasteiger partial charge in [0.2, 0.25) is 10.0 Å². The highest BCUT2D eigenvalue weighted by Crippen LogP contribution is 2.35. The predicted molar refractivity (Wildman–Crippen MR) is 74.4 cm³/mol. The smallest absolute Gasteiger partial charge is 0.246 e. The van der Waals surface area contributed by atoms with Crippen molar-refractivity contribution in [3.63, 3.8) is 0 Å². The van der Waals surface area contributed by atoms with Crippen molar-refractivity contribution in [2.24, 2.45) is 5.92 Å². The molecule has 1 aromatic carbocycles. The quantitative estimate of drug-likeness (QED) is 0.825. The van der Waals surface area contributed by atoms with E-state index in [9.17, 15) is 17.9 Å². The molecule has 5 nitrogen and oxygen atoms in total. The molecule has 0 spiro atoms. The van der Waals surface area contributed by atoms with E-state index >= 15 is 0 Å². The van der Waals surface area contributed by atoms with Gasteiger partial charge in [0.05, 0.1) is 11.3 Å². The Balaban J connectivity index is 2.35. The number of benzene rings is 1. The summed E-state index contributed by atoms with van der Waals surface area (Å²) in [6, 6.07) is 2.17. The molecule has 0 aromatic heterocycles. The first-order chi connectivity index (χ1) is 9.08. The Hall–Kier alpha value is -0.890. The predicted octanol–water partition coefficient (Wildman–Crippen LogP) is 1.45. The Morgan fingerprint density at radius 3 is 2.50 bits per heavy atom. The number of hydrogen-bond acceptors (Lipinski definition) is 4. The number of nitrogen functional groups attached to an aromatic ring is 1. The third kappa shape index (κ3) is 2.39. The normalized spacial score (nSPS) is 19.1. The second-order valence-corrected chi connectivity index (χ2v) is 7.68. The van der Waals surface area contributed by atoms with Crippen LogP contribution >= 0.6 is 11.6 Å². The zero-order valence-corrected chi connectivity index (χ0v) is 12.7. The largest absolute Gasteiger partial charge is 0.396 e. The summed E-state index contributed by atoms with van der Waals surface area (Å²) in [4.78, 5) is -0.562. The number of nitrogens with zero attached hydrogens (tertiary/aromatic N) is 1. The van der Waals surface area contributed by atoms with Gasteiger partial charge in [0.15, 0.2) is 5.82 Å². The van der Waals surface area contributed by atoms with Crippen LogP contribution in [0.2, 0.25) is 5.02 Å². The fraction of sp³-hybridized carbons (Fsp3) is 0.500. The van der Waals surface area contributed by atoms with E-state index in [0.29, 0.717) is 0 Å². The molecular formula is C12H16ClFN2O3S. The molecule has 3 N–H and O–H groups in total. The van der Waals surface area contributed by atoms with Gasteiger partial charge in [-0.3, -0.25) is 0 Å². The first-order valence-corrected chi connectivity index (χ1v) is 7.87. The van der Waals surface area contributed by atoms with Gasteiger partial charge in [0, 0.05) is 18.1 Å². The standard InChI is InChI=1S/C12H16ClFN2O3S/c1-7(2)12(17)5-16(6-12)20(18,19)10-4-8(13)3-9(15)11(10)14/h3-4,7,17H,5-6,15H2,1-2H3. The average molecular weight is 323 g/mol. The van der Waals surface area contributed by atoms with Crippen molar-refractivity contribution in [1.82, 2.24) is 4.31 Å². The minimum absolute atomic E-state index is 0.0436. The summed E-state index contributed by atoms with van der Waals surface area (Å²) < 4.78 is 39.5. The number of halogens is 2. The number of nitrogens with two attached hydrogens (primary N) is 1. The van der Waals surface area contributed by atoms with Crippen LogP contribution in [-0.2, 0) is 10.0 Å². The van der Waals surface area contributed by atoms with Crippen LogP contribution in [-0.4, -0.2) is 36.5 Å². The molecule has 0 unspecified atom stereocenters. The first-order valence-electron chi connectivity index (χ1n) is 6.05. The fourth-order valence-electron chi connectivity index (χ4n) is 2.01. The summed E-state index contributed by atoms with van der Waals surface area (Å²) in [5.41, 5.74) is 3.99. The summed E-state index contributed by atoms with van der Waals surface area (Å²) in [6.07, 6.45) is 0. The second-order valence-electron chi connectivity index (χ2n) is 5.34. The molecule has 2 rings (SSSR count). The minimum atomic E-state index is -4.05. The Labute approximate surface area is 122 Å². The number of β-amino-alcohol motifs (C(OH)–C–C–N with tert-alkyl or cyclic N) is 1. The number of rotatable bonds is 3. The van der Waals surface area contributed by atoms with E-state index in [2.05, 4.69) is 0 Å². The van der Waals surface area contributed by atoms with Gasteiger partial charge in [-0.1, -0.05) is 25.4 Å².